The fourth-order valence-electron chi connectivity index (χ4n) is 2.92. The zero-order chi connectivity index (χ0) is 21.1. The van der Waals surface area contributed by atoms with Crippen LogP contribution in [0.5, 0.6) is 5.75 Å². The highest BCUT2D eigenvalue weighted by molar-refractivity contribution is 9.10. The van der Waals surface area contributed by atoms with Gasteiger partial charge in [-0.2, -0.15) is 0 Å². The summed E-state index contributed by atoms with van der Waals surface area (Å²) in [5.74, 6) is 0.527. The first kappa shape index (κ1) is 21.1. The average molecular weight is 517 g/mol. The van der Waals surface area contributed by atoms with Gasteiger partial charge < -0.3 is 4.74 Å². The van der Waals surface area contributed by atoms with E-state index >= 15 is 0 Å². The van der Waals surface area contributed by atoms with Crippen LogP contribution in [0, 0.1) is 0 Å². The molecular formula is C23H15BrClNO2S2. The molecule has 0 unspecified atom stereocenters. The minimum atomic E-state index is -0.179. The minimum absolute atomic E-state index is 0.179. The van der Waals surface area contributed by atoms with Crippen molar-refractivity contribution in [2.75, 3.05) is 4.90 Å². The van der Waals surface area contributed by atoms with Crippen LogP contribution in [0.1, 0.15) is 11.1 Å². The van der Waals surface area contributed by atoms with Crippen LogP contribution in [0.15, 0.2) is 82.2 Å². The third-order valence-corrected chi connectivity index (χ3v) is 6.93. The van der Waals surface area contributed by atoms with Crippen molar-refractivity contribution in [2.24, 2.45) is 0 Å². The number of amides is 1. The molecule has 3 aromatic carbocycles. The lowest BCUT2D eigenvalue weighted by Gasteiger charge is -2.15. The van der Waals surface area contributed by atoms with Crippen molar-refractivity contribution in [1.82, 2.24) is 0 Å². The third-order valence-electron chi connectivity index (χ3n) is 4.40. The van der Waals surface area contributed by atoms with Crippen LogP contribution in [-0.4, -0.2) is 10.2 Å². The van der Waals surface area contributed by atoms with Gasteiger partial charge in [-0.25, -0.2) is 0 Å². The van der Waals surface area contributed by atoms with Gasteiger partial charge in [0.15, 0.2) is 4.32 Å². The largest absolute Gasteiger partial charge is 0.488 e. The van der Waals surface area contributed by atoms with Crippen molar-refractivity contribution in [1.29, 1.82) is 0 Å². The van der Waals surface area contributed by atoms with Crippen LogP contribution in [0.3, 0.4) is 0 Å². The van der Waals surface area contributed by atoms with Crippen molar-refractivity contribution >= 4 is 73.5 Å². The molecule has 1 amide bonds. The topological polar surface area (TPSA) is 29.5 Å². The minimum Gasteiger partial charge on any atom is -0.488 e. The van der Waals surface area contributed by atoms with Crippen LogP contribution in [-0.2, 0) is 11.4 Å². The van der Waals surface area contributed by atoms with E-state index < -0.39 is 0 Å². The van der Waals surface area contributed by atoms with E-state index in [0.29, 0.717) is 32.3 Å². The molecular weight excluding hydrogens is 502 g/mol. The fourth-order valence-corrected chi connectivity index (χ4v) is 4.63. The molecule has 0 N–H and O–H groups in total. The number of hydrogen-bond acceptors (Lipinski definition) is 4. The molecule has 7 heteroatoms. The molecule has 0 bridgehead atoms. The van der Waals surface area contributed by atoms with E-state index in [4.69, 9.17) is 28.6 Å². The van der Waals surface area contributed by atoms with Gasteiger partial charge in [0.2, 0.25) is 0 Å². The Labute approximate surface area is 197 Å². The molecule has 1 aliphatic heterocycles. The summed E-state index contributed by atoms with van der Waals surface area (Å²) in [6.07, 6.45) is 1.82. The summed E-state index contributed by atoms with van der Waals surface area (Å²) in [5.41, 5.74) is 2.54. The number of thiocarbonyl (C=S) groups is 1. The van der Waals surface area contributed by atoms with Gasteiger partial charge >= 0.3 is 0 Å². The smallest absolute Gasteiger partial charge is 0.270 e. The molecule has 3 aromatic rings. The highest BCUT2D eigenvalue weighted by atomic mass is 79.9. The number of anilines is 1. The predicted octanol–water partition coefficient (Wildman–Crippen LogP) is 7.09. The molecule has 3 nitrogen and oxygen atoms in total. The second kappa shape index (κ2) is 9.35. The number of thioether (sulfide) groups is 1. The van der Waals surface area contributed by atoms with Crippen molar-refractivity contribution in [3.8, 4) is 5.75 Å². The van der Waals surface area contributed by atoms with E-state index in [2.05, 4.69) is 15.9 Å². The number of carbonyl (C=O) groups excluding carboxylic acids is 1. The lowest BCUT2D eigenvalue weighted by molar-refractivity contribution is -0.113. The fraction of sp³-hybridized carbons (Fsp3) is 0.0435. The van der Waals surface area contributed by atoms with Gasteiger partial charge in [0, 0.05) is 10.0 Å². The summed E-state index contributed by atoms with van der Waals surface area (Å²) in [5, 5.41) is 0.519. The Hall–Kier alpha value is -2.12. The first-order valence-electron chi connectivity index (χ1n) is 9.02. The zero-order valence-corrected chi connectivity index (χ0v) is 19.5. The number of hydrogen-bond donors (Lipinski definition) is 0. The number of ether oxygens (including phenoxy) is 1. The molecule has 4 rings (SSSR count). The van der Waals surface area contributed by atoms with Crippen LogP contribution in [0.2, 0.25) is 5.02 Å². The van der Waals surface area contributed by atoms with Gasteiger partial charge in [-0.3, -0.25) is 9.69 Å². The lowest BCUT2D eigenvalue weighted by atomic mass is 10.1. The number of para-hydroxylation sites is 1. The van der Waals surface area contributed by atoms with Gasteiger partial charge in [-0.1, -0.05) is 84.1 Å². The summed E-state index contributed by atoms with van der Waals surface area (Å²) in [7, 11) is 0. The summed E-state index contributed by atoms with van der Waals surface area (Å²) < 4.78 is 7.23. The Morgan fingerprint density at radius 2 is 1.80 bits per heavy atom. The summed E-state index contributed by atoms with van der Waals surface area (Å²) >= 11 is 16.3. The maximum Gasteiger partial charge on any atom is 0.270 e. The monoisotopic (exact) mass is 515 g/mol. The number of carbonyl (C=O) groups is 1. The van der Waals surface area contributed by atoms with E-state index in [1.54, 1.807) is 18.2 Å². The first-order valence-corrected chi connectivity index (χ1v) is 11.4. The average Bonchev–Trinajstić information content (AvgIpc) is 3.03. The molecule has 0 aromatic heterocycles. The van der Waals surface area contributed by atoms with Crippen LogP contribution in [0.4, 0.5) is 5.69 Å². The highest BCUT2D eigenvalue weighted by Crippen LogP contribution is 2.38. The molecule has 150 valence electrons. The van der Waals surface area contributed by atoms with Crippen molar-refractivity contribution in [2.45, 2.75) is 6.61 Å². The van der Waals surface area contributed by atoms with Crippen LogP contribution in [0.25, 0.3) is 6.08 Å². The van der Waals surface area contributed by atoms with Gasteiger partial charge in [-0.15, -0.1) is 0 Å². The molecule has 1 heterocycles. The summed E-state index contributed by atoms with van der Waals surface area (Å²) in [6, 6.07) is 22.9. The molecule has 1 fully saturated rings. The number of benzene rings is 3. The molecule has 0 radical (unpaired) electrons. The van der Waals surface area contributed by atoms with E-state index in [9.17, 15) is 4.79 Å². The van der Waals surface area contributed by atoms with Gasteiger partial charge in [0.25, 0.3) is 5.91 Å². The van der Waals surface area contributed by atoms with E-state index in [0.717, 1.165) is 15.6 Å². The van der Waals surface area contributed by atoms with Gasteiger partial charge in [0.1, 0.15) is 12.4 Å². The maximum atomic E-state index is 13.1. The van der Waals surface area contributed by atoms with Crippen molar-refractivity contribution in [3.63, 3.8) is 0 Å². The second-order valence-corrected chi connectivity index (χ2v) is 9.36. The van der Waals surface area contributed by atoms with Gasteiger partial charge in [0.05, 0.1) is 15.6 Å². The number of halogens is 2. The molecule has 1 aliphatic rings. The first-order chi connectivity index (χ1) is 14.5. The van der Waals surface area contributed by atoms with Crippen LogP contribution >= 0.6 is 51.5 Å². The summed E-state index contributed by atoms with van der Waals surface area (Å²) in [6.45, 7) is 0.448. The number of rotatable bonds is 5. The Kier molecular flexibility index (Phi) is 6.58. The van der Waals surface area contributed by atoms with Crippen LogP contribution < -0.4 is 9.64 Å². The highest BCUT2D eigenvalue weighted by Gasteiger charge is 2.33. The molecule has 0 saturated carbocycles. The second-order valence-electron chi connectivity index (χ2n) is 6.43. The Bertz CT molecular complexity index is 1150. The quantitative estimate of drug-likeness (QED) is 0.267. The summed E-state index contributed by atoms with van der Waals surface area (Å²) in [4.78, 5) is 15.1. The standard InChI is InChI=1S/C23H15BrClNO2S2/c24-18-11-10-17(13-19(18)25)26-22(27)21(30-23(26)29)12-16-8-4-5-9-20(16)28-14-15-6-2-1-3-7-15/h1-13H,14H2/b21-12+. The lowest BCUT2D eigenvalue weighted by Crippen LogP contribution is -2.27. The van der Waals surface area contributed by atoms with E-state index in [-0.39, 0.29) is 5.91 Å². The Morgan fingerprint density at radius 1 is 1.07 bits per heavy atom. The normalized spacial score (nSPS) is 15.1. The maximum absolute atomic E-state index is 13.1. The Balaban J connectivity index is 1.58. The van der Waals surface area contributed by atoms with Crippen molar-refractivity contribution < 1.29 is 9.53 Å². The third kappa shape index (κ3) is 4.62. The molecule has 0 spiro atoms. The number of nitrogens with zero attached hydrogens (tertiary/aromatic N) is 1. The zero-order valence-electron chi connectivity index (χ0n) is 15.5. The molecule has 0 aliphatic carbocycles. The SMILES string of the molecule is O=C1/C(=C\c2ccccc2OCc2ccccc2)SC(=S)N1c1ccc(Br)c(Cl)c1. The van der Waals surface area contributed by atoms with Gasteiger partial charge in [-0.05, 0) is 51.8 Å². The predicted molar refractivity (Wildman–Crippen MR) is 132 cm³/mol. The Morgan fingerprint density at radius 3 is 2.57 bits per heavy atom. The molecule has 1 saturated heterocycles. The van der Waals surface area contributed by atoms with Crippen molar-refractivity contribution in [3.05, 3.63) is 98.3 Å². The van der Waals surface area contributed by atoms with E-state index in [1.165, 1.54) is 16.7 Å². The molecule has 0 atom stereocenters. The molecule has 30 heavy (non-hydrogen) atoms. The van der Waals surface area contributed by atoms with E-state index in [1.807, 2.05) is 60.7 Å².